The Morgan fingerprint density at radius 3 is 2.25 bits per heavy atom. The molecule has 82 valence electrons. The molecule has 0 amide bonds. The molecule has 16 heavy (non-hydrogen) atoms. The van der Waals surface area contributed by atoms with E-state index in [1.54, 1.807) is 12.1 Å². The van der Waals surface area contributed by atoms with Gasteiger partial charge in [-0.25, -0.2) is 0 Å². The molecule has 0 aliphatic heterocycles. The number of anilines is 2. The molecule has 1 N–H and O–H groups in total. The van der Waals surface area contributed by atoms with E-state index in [4.69, 9.17) is 11.6 Å². The molecule has 2 aromatic rings. The van der Waals surface area contributed by atoms with Crippen LogP contribution in [0.3, 0.4) is 0 Å². The van der Waals surface area contributed by atoms with E-state index < -0.39 is 0 Å². The van der Waals surface area contributed by atoms with Crippen LogP contribution in [-0.2, 0) is 0 Å². The molecule has 4 heteroatoms. The zero-order chi connectivity index (χ0) is 11.5. The molecule has 0 radical (unpaired) electrons. The molecule has 0 aliphatic rings. The normalized spacial score (nSPS) is 10.2. The van der Waals surface area contributed by atoms with Gasteiger partial charge in [-0.05, 0) is 37.1 Å². The number of aryl methyl sites for hydroxylation is 2. The highest BCUT2D eigenvalue weighted by atomic mass is 35.5. The minimum absolute atomic E-state index is 0.395. The van der Waals surface area contributed by atoms with E-state index in [2.05, 4.69) is 41.5 Å². The third-order valence-corrected chi connectivity index (χ3v) is 2.57. The lowest BCUT2D eigenvalue weighted by Crippen LogP contribution is -1.98. The van der Waals surface area contributed by atoms with E-state index in [1.165, 1.54) is 11.1 Å². The summed E-state index contributed by atoms with van der Waals surface area (Å²) in [6.45, 7) is 4.11. The van der Waals surface area contributed by atoms with Gasteiger partial charge in [-0.1, -0.05) is 29.8 Å². The zero-order valence-electron chi connectivity index (χ0n) is 9.16. The van der Waals surface area contributed by atoms with Crippen LogP contribution in [0.5, 0.6) is 0 Å². The van der Waals surface area contributed by atoms with Crippen molar-refractivity contribution in [2.24, 2.45) is 0 Å². The number of para-hydroxylation sites is 1. The van der Waals surface area contributed by atoms with Crippen LogP contribution < -0.4 is 5.32 Å². The first-order valence-corrected chi connectivity index (χ1v) is 5.37. The Kier molecular flexibility index (Phi) is 3.06. The SMILES string of the molecule is Cc1cccc(C)c1Nc1ccc(Cl)nn1. The third-order valence-electron chi connectivity index (χ3n) is 2.37. The van der Waals surface area contributed by atoms with Crippen LogP contribution in [0.1, 0.15) is 11.1 Å². The van der Waals surface area contributed by atoms with Crippen LogP contribution in [0.4, 0.5) is 11.5 Å². The maximum Gasteiger partial charge on any atom is 0.153 e. The van der Waals surface area contributed by atoms with E-state index in [0.29, 0.717) is 11.0 Å². The molecule has 0 unspecified atom stereocenters. The van der Waals surface area contributed by atoms with Gasteiger partial charge in [0, 0.05) is 5.69 Å². The molecule has 0 bridgehead atoms. The number of halogens is 1. The third kappa shape index (κ3) is 2.31. The lowest BCUT2D eigenvalue weighted by atomic mass is 10.1. The fraction of sp³-hybridized carbons (Fsp3) is 0.167. The van der Waals surface area contributed by atoms with Crippen LogP contribution in [-0.4, -0.2) is 10.2 Å². The van der Waals surface area contributed by atoms with E-state index >= 15 is 0 Å². The molecular weight excluding hydrogens is 222 g/mol. The van der Waals surface area contributed by atoms with Crippen LogP contribution in [0.2, 0.25) is 5.15 Å². The summed E-state index contributed by atoms with van der Waals surface area (Å²) in [6.07, 6.45) is 0. The summed E-state index contributed by atoms with van der Waals surface area (Å²) in [6, 6.07) is 9.66. The van der Waals surface area contributed by atoms with Crippen molar-refractivity contribution in [3.63, 3.8) is 0 Å². The smallest absolute Gasteiger partial charge is 0.153 e. The van der Waals surface area contributed by atoms with Crippen molar-refractivity contribution < 1.29 is 0 Å². The molecule has 0 aliphatic carbocycles. The highest BCUT2D eigenvalue weighted by molar-refractivity contribution is 6.29. The van der Waals surface area contributed by atoms with Gasteiger partial charge in [0.1, 0.15) is 0 Å². The Labute approximate surface area is 99.5 Å². The summed E-state index contributed by atoms with van der Waals surface area (Å²) < 4.78 is 0. The summed E-state index contributed by atoms with van der Waals surface area (Å²) in [5, 5.41) is 11.4. The topological polar surface area (TPSA) is 37.8 Å². The second kappa shape index (κ2) is 4.49. The van der Waals surface area contributed by atoms with Gasteiger partial charge >= 0.3 is 0 Å². The average Bonchev–Trinajstić information content (AvgIpc) is 2.26. The van der Waals surface area contributed by atoms with E-state index in [-0.39, 0.29) is 0 Å². The Morgan fingerprint density at radius 1 is 1.00 bits per heavy atom. The molecule has 0 fully saturated rings. The van der Waals surface area contributed by atoms with E-state index in [9.17, 15) is 0 Å². The molecule has 3 nitrogen and oxygen atoms in total. The Bertz CT molecular complexity index is 474. The summed E-state index contributed by atoms with van der Waals surface area (Å²) in [5.74, 6) is 0.696. The maximum absolute atomic E-state index is 5.68. The fourth-order valence-electron chi connectivity index (χ4n) is 1.52. The molecular formula is C12H12ClN3. The Morgan fingerprint density at radius 2 is 1.69 bits per heavy atom. The maximum atomic E-state index is 5.68. The van der Waals surface area contributed by atoms with Gasteiger partial charge in [-0.2, -0.15) is 0 Å². The van der Waals surface area contributed by atoms with Crippen molar-refractivity contribution in [2.45, 2.75) is 13.8 Å². The first-order valence-electron chi connectivity index (χ1n) is 4.99. The van der Waals surface area contributed by atoms with Gasteiger partial charge in [-0.15, -0.1) is 10.2 Å². The van der Waals surface area contributed by atoms with Crippen molar-refractivity contribution in [1.29, 1.82) is 0 Å². The van der Waals surface area contributed by atoms with E-state index in [1.807, 2.05) is 6.07 Å². The van der Waals surface area contributed by atoms with Gasteiger partial charge in [0.15, 0.2) is 11.0 Å². The molecule has 1 heterocycles. The highest BCUT2D eigenvalue weighted by Gasteiger charge is 2.03. The molecule has 0 saturated carbocycles. The number of hydrogen-bond acceptors (Lipinski definition) is 3. The van der Waals surface area contributed by atoms with Crippen molar-refractivity contribution in [3.8, 4) is 0 Å². The monoisotopic (exact) mass is 233 g/mol. The van der Waals surface area contributed by atoms with Crippen molar-refractivity contribution in [3.05, 3.63) is 46.6 Å². The molecule has 1 aromatic carbocycles. The average molecular weight is 234 g/mol. The first-order chi connectivity index (χ1) is 7.66. The Hall–Kier alpha value is -1.61. The summed E-state index contributed by atoms with van der Waals surface area (Å²) in [7, 11) is 0. The van der Waals surface area contributed by atoms with Gasteiger partial charge in [0.25, 0.3) is 0 Å². The molecule has 2 rings (SSSR count). The predicted molar refractivity (Wildman–Crippen MR) is 66.2 cm³/mol. The molecule has 0 atom stereocenters. The lowest BCUT2D eigenvalue weighted by molar-refractivity contribution is 1.03. The largest absolute Gasteiger partial charge is 0.338 e. The summed E-state index contributed by atoms with van der Waals surface area (Å²) >= 11 is 5.68. The van der Waals surface area contributed by atoms with Gasteiger partial charge < -0.3 is 5.32 Å². The lowest BCUT2D eigenvalue weighted by Gasteiger charge is -2.11. The van der Waals surface area contributed by atoms with Gasteiger partial charge in [-0.3, -0.25) is 0 Å². The number of rotatable bonds is 2. The quantitative estimate of drug-likeness (QED) is 0.863. The van der Waals surface area contributed by atoms with Crippen molar-refractivity contribution in [1.82, 2.24) is 10.2 Å². The first kappa shape index (κ1) is 10.9. The molecule has 0 saturated heterocycles. The van der Waals surface area contributed by atoms with Crippen LogP contribution in [0.15, 0.2) is 30.3 Å². The molecule has 1 aromatic heterocycles. The fourth-order valence-corrected chi connectivity index (χ4v) is 1.62. The number of hydrogen-bond donors (Lipinski definition) is 1. The number of benzene rings is 1. The predicted octanol–water partition coefficient (Wildman–Crippen LogP) is 3.49. The van der Waals surface area contributed by atoms with E-state index in [0.717, 1.165) is 5.69 Å². The standard InChI is InChI=1S/C12H12ClN3/c1-8-4-3-5-9(2)12(8)14-11-7-6-10(13)15-16-11/h3-7H,1-2H3,(H,14,16). The van der Waals surface area contributed by atoms with Gasteiger partial charge in [0.05, 0.1) is 0 Å². The molecule has 0 spiro atoms. The second-order valence-electron chi connectivity index (χ2n) is 3.63. The number of aromatic nitrogens is 2. The minimum atomic E-state index is 0.395. The summed E-state index contributed by atoms with van der Waals surface area (Å²) in [5.41, 5.74) is 3.42. The highest BCUT2D eigenvalue weighted by Crippen LogP contribution is 2.23. The van der Waals surface area contributed by atoms with Gasteiger partial charge in [0.2, 0.25) is 0 Å². The van der Waals surface area contributed by atoms with Crippen molar-refractivity contribution >= 4 is 23.1 Å². The zero-order valence-corrected chi connectivity index (χ0v) is 9.92. The van der Waals surface area contributed by atoms with Crippen LogP contribution >= 0.6 is 11.6 Å². The minimum Gasteiger partial charge on any atom is -0.338 e. The van der Waals surface area contributed by atoms with Crippen molar-refractivity contribution in [2.75, 3.05) is 5.32 Å². The second-order valence-corrected chi connectivity index (χ2v) is 4.02. The Balaban J connectivity index is 2.30. The number of nitrogens with zero attached hydrogens (tertiary/aromatic N) is 2. The summed E-state index contributed by atoms with van der Waals surface area (Å²) in [4.78, 5) is 0. The number of nitrogens with one attached hydrogen (secondary N) is 1. The van der Waals surface area contributed by atoms with Crippen LogP contribution in [0, 0.1) is 13.8 Å². The van der Waals surface area contributed by atoms with Crippen LogP contribution in [0.25, 0.3) is 0 Å².